The fraction of sp³-hybridized carbons (Fsp3) is 0.667. The van der Waals surface area contributed by atoms with Crippen LogP contribution in [0, 0.1) is 41.2 Å². The topological polar surface area (TPSA) is 20.2 Å². The summed E-state index contributed by atoms with van der Waals surface area (Å²) in [5.41, 5.74) is 0.0545. The Labute approximate surface area is 124 Å². The van der Waals surface area contributed by atoms with Gasteiger partial charge >= 0.3 is 0 Å². The van der Waals surface area contributed by atoms with Gasteiger partial charge < -0.3 is 5.11 Å². The molecule has 1 nitrogen and oxygen atoms in total. The van der Waals surface area contributed by atoms with Gasteiger partial charge in [-0.1, -0.05) is 6.07 Å². The number of hydrogen-bond donors (Lipinski definition) is 1. The molecule has 0 heterocycles. The minimum Gasteiger partial charge on any atom is -0.392 e. The molecular formula is C18H22F2O. The molecule has 1 aromatic carbocycles. The van der Waals surface area contributed by atoms with E-state index in [0.717, 1.165) is 11.8 Å². The standard InChI is InChI=1S/C18H22F2O/c19-15-2-1-3-16(20)14(15)9-17(21)18-12-5-10-4-11(7-12)8-13(18)6-10/h1-3,10-13,17-18,21H,4-9H2. The van der Waals surface area contributed by atoms with Gasteiger partial charge in [0.05, 0.1) is 6.10 Å². The minimum absolute atomic E-state index is 0.0545. The van der Waals surface area contributed by atoms with Gasteiger partial charge in [0.1, 0.15) is 11.6 Å². The molecule has 4 aliphatic rings. The van der Waals surface area contributed by atoms with Crippen LogP contribution in [0.3, 0.4) is 0 Å². The Morgan fingerprint density at radius 3 is 2.00 bits per heavy atom. The number of aliphatic hydroxyl groups excluding tert-OH is 1. The molecule has 4 aliphatic carbocycles. The van der Waals surface area contributed by atoms with Crippen LogP contribution in [0.4, 0.5) is 8.78 Å². The van der Waals surface area contributed by atoms with E-state index in [-0.39, 0.29) is 17.9 Å². The van der Waals surface area contributed by atoms with E-state index in [4.69, 9.17) is 0 Å². The van der Waals surface area contributed by atoms with E-state index in [0.29, 0.717) is 11.8 Å². The average molecular weight is 292 g/mol. The van der Waals surface area contributed by atoms with E-state index in [1.165, 1.54) is 50.3 Å². The smallest absolute Gasteiger partial charge is 0.129 e. The van der Waals surface area contributed by atoms with Crippen molar-refractivity contribution in [2.75, 3.05) is 0 Å². The fourth-order valence-corrected chi connectivity index (χ4v) is 5.67. The lowest BCUT2D eigenvalue weighted by molar-refractivity contribution is -0.0890. The second-order valence-electron chi connectivity index (χ2n) is 7.48. The molecule has 0 aromatic heterocycles. The summed E-state index contributed by atoms with van der Waals surface area (Å²) in [6.45, 7) is 0. The van der Waals surface area contributed by atoms with E-state index in [1.807, 2.05) is 0 Å². The van der Waals surface area contributed by atoms with Crippen LogP contribution in [0.5, 0.6) is 0 Å². The highest BCUT2D eigenvalue weighted by molar-refractivity contribution is 5.21. The van der Waals surface area contributed by atoms with Gasteiger partial charge in [0.15, 0.2) is 0 Å². The zero-order chi connectivity index (χ0) is 14.6. The summed E-state index contributed by atoms with van der Waals surface area (Å²) in [5, 5.41) is 10.6. The minimum atomic E-state index is -0.605. The molecule has 5 rings (SSSR count). The summed E-state index contributed by atoms with van der Waals surface area (Å²) in [6.07, 6.45) is 5.75. The summed E-state index contributed by atoms with van der Waals surface area (Å²) < 4.78 is 27.6. The number of benzene rings is 1. The highest BCUT2D eigenvalue weighted by Gasteiger charge is 2.50. The Hall–Kier alpha value is -0.960. The van der Waals surface area contributed by atoms with Crippen LogP contribution in [0.15, 0.2) is 18.2 Å². The van der Waals surface area contributed by atoms with Gasteiger partial charge in [0, 0.05) is 12.0 Å². The quantitative estimate of drug-likeness (QED) is 0.894. The van der Waals surface area contributed by atoms with Crippen LogP contribution < -0.4 is 0 Å². The van der Waals surface area contributed by atoms with E-state index in [9.17, 15) is 13.9 Å². The summed E-state index contributed by atoms with van der Waals surface area (Å²) in [4.78, 5) is 0. The normalized spacial score (nSPS) is 38.7. The van der Waals surface area contributed by atoms with Crippen molar-refractivity contribution in [2.24, 2.45) is 29.6 Å². The molecule has 114 valence electrons. The van der Waals surface area contributed by atoms with E-state index in [2.05, 4.69) is 0 Å². The summed E-state index contributed by atoms with van der Waals surface area (Å²) >= 11 is 0. The first-order chi connectivity index (χ1) is 10.1. The van der Waals surface area contributed by atoms with Crippen LogP contribution in [-0.2, 0) is 6.42 Å². The highest BCUT2D eigenvalue weighted by Crippen LogP contribution is 2.57. The molecule has 1 aromatic rings. The molecule has 0 saturated heterocycles. The first-order valence-corrected chi connectivity index (χ1v) is 8.22. The maximum atomic E-state index is 13.8. The van der Waals surface area contributed by atoms with Gasteiger partial charge in [-0.2, -0.15) is 0 Å². The molecular weight excluding hydrogens is 270 g/mol. The molecule has 21 heavy (non-hydrogen) atoms. The molecule has 1 unspecified atom stereocenters. The van der Waals surface area contributed by atoms with Crippen molar-refractivity contribution < 1.29 is 13.9 Å². The van der Waals surface area contributed by atoms with Crippen molar-refractivity contribution >= 4 is 0 Å². The highest BCUT2D eigenvalue weighted by atomic mass is 19.1. The molecule has 0 amide bonds. The SMILES string of the molecule is OC(Cc1c(F)cccc1F)C1C2CC3CC(C2)CC1C3. The van der Waals surface area contributed by atoms with E-state index in [1.54, 1.807) is 0 Å². The zero-order valence-electron chi connectivity index (χ0n) is 12.1. The van der Waals surface area contributed by atoms with Gasteiger partial charge in [0.2, 0.25) is 0 Å². The Kier molecular flexibility index (Phi) is 3.29. The van der Waals surface area contributed by atoms with Crippen molar-refractivity contribution in [1.82, 2.24) is 0 Å². The Balaban J connectivity index is 1.54. The second-order valence-corrected chi connectivity index (χ2v) is 7.48. The van der Waals surface area contributed by atoms with Crippen molar-refractivity contribution in [3.05, 3.63) is 35.4 Å². The summed E-state index contributed by atoms with van der Waals surface area (Å²) in [6, 6.07) is 3.94. The van der Waals surface area contributed by atoms with Crippen molar-refractivity contribution in [2.45, 2.75) is 44.6 Å². The van der Waals surface area contributed by atoms with Crippen LogP contribution in [0.2, 0.25) is 0 Å². The maximum absolute atomic E-state index is 13.8. The molecule has 1 N–H and O–H groups in total. The van der Waals surface area contributed by atoms with Crippen LogP contribution in [0.25, 0.3) is 0 Å². The Morgan fingerprint density at radius 2 is 1.48 bits per heavy atom. The predicted molar refractivity (Wildman–Crippen MR) is 76.6 cm³/mol. The van der Waals surface area contributed by atoms with Gasteiger partial charge in [-0.3, -0.25) is 0 Å². The van der Waals surface area contributed by atoms with E-state index >= 15 is 0 Å². The van der Waals surface area contributed by atoms with Crippen LogP contribution in [-0.4, -0.2) is 11.2 Å². The second kappa shape index (κ2) is 5.05. The molecule has 4 bridgehead atoms. The van der Waals surface area contributed by atoms with Crippen molar-refractivity contribution in [3.8, 4) is 0 Å². The number of halogens is 2. The lowest BCUT2D eigenvalue weighted by Crippen LogP contribution is -2.49. The molecule has 3 heteroatoms. The molecule has 0 aliphatic heterocycles. The summed E-state index contributed by atoms with van der Waals surface area (Å²) in [5.74, 6) is 2.03. The molecule has 4 saturated carbocycles. The average Bonchev–Trinajstić information content (AvgIpc) is 2.42. The number of aliphatic hydroxyl groups is 1. The largest absolute Gasteiger partial charge is 0.392 e. The Bertz CT molecular complexity index is 494. The molecule has 1 atom stereocenters. The Morgan fingerprint density at radius 1 is 0.952 bits per heavy atom. The maximum Gasteiger partial charge on any atom is 0.129 e. The van der Waals surface area contributed by atoms with Gasteiger partial charge in [-0.15, -0.1) is 0 Å². The van der Waals surface area contributed by atoms with Crippen molar-refractivity contribution in [1.29, 1.82) is 0 Å². The van der Waals surface area contributed by atoms with Crippen LogP contribution >= 0.6 is 0 Å². The lowest BCUT2D eigenvalue weighted by Gasteiger charge is -2.55. The van der Waals surface area contributed by atoms with Gasteiger partial charge in [-0.05, 0) is 73.8 Å². The molecule has 0 spiro atoms. The zero-order valence-corrected chi connectivity index (χ0v) is 12.1. The predicted octanol–water partition coefficient (Wildman–Crippen LogP) is 3.94. The first kappa shape index (κ1) is 13.7. The molecule has 4 fully saturated rings. The third-order valence-electron chi connectivity index (χ3n) is 6.22. The lowest BCUT2D eigenvalue weighted by atomic mass is 9.50. The van der Waals surface area contributed by atoms with Gasteiger partial charge in [-0.25, -0.2) is 8.78 Å². The van der Waals surface area contributed by atoms with Crippen LogP contribution in [0.1, 0.15) is 37.7 Å². The van der Waals surface area contributed by atoms with E-state index < -0.39 is 17.7 Å². The number of hydrogen-bond acceptors (Lipinski definition) is 1. The summed E-state index contributed by atoms with van der Waals surface area (Å²) in [7, 11) is 0. The monoisotopic (exact) mass is 292 g/mol. The third kappa shape index (κ3) is 2.30. The third-order valence-corrected chi connectivity index (χ3v) is 6.22. The van der Waals surface area contributed by atoms with Gasteiger partial charge in [0.25, 0.3) is 0 Å². The first-order valence-electron chi connectivity index (χ1n) is 8.22. The molecule has 0 radical (unpaired) electrons. The number of rotatable bonds is 3. The fourth-order valence-electron chi connectivity index (χ4n) is 5.67. The van der Waals surface area contributed by atoms with Crippen molar-refractivity contribution in [3.63, 3.8) is 0 Å².